The Morgan fingerprint density at radius 3 is 2.27 bits per heavy atom. The van der Waals surface area contributed by atoms with Crippen molar-refractivity contribution in [1.82, 2.24) is 19.6 Å². The second-order valence-electron chi connectivity index (χ2n) is 7.94. The molecule has 30 heavy (non-hydrogen) atoms. The Hall–Kier alpha value is -2.19. The van der Waals surface area contributed by atoms with Gasteiger partial charge in [0.1, 0.15) is 0 Å². The number of benzene rings is 1. The Kier molecular flexibility index (Phi) is 6.24. The maximum atomic E-state index is 13.3. The summed E-state index contributed by atoms with van der Waals surface area (Å²) in [5.41, 5.74) is 3.15. The SMILES string of the molecule is Cc1nn(-c2ccc(Br)cc2)c(C)c1C(=O)N1CCC(C(=O)N2CCOCC2)CC1. The van der Waals surface area contributed by atoms with Crippen LogP contribution in [0.15, 0.2) is 28.7 Å². The zero-order valence-corrected chi connectivity index (χ0v) is 19.0. The van der Waals surface area contributed by atoms with Gasteiger partial charge in [0, 0.05) is 36.6 Å². The first-order chi connectivity index (χ1) is 14.5. The van der Waals surface area contributed by atoms with Gasteiger partial charge in [-0.15, -0.1) is 0 Å². The molecule has 160 valence electrons. The third-order valence-corrected chi connectivity index (χ3v) is 6.56. The van der Waals surface area contributed by atoms with Gasteiger partial charge >= 0.3 is 0 Å². The van der Waals surface area contributed by atoms with Crippen molar-refractivity contribution in [2.24, 2.45) is 5.92 Å². The lowest BCUT2D eigenvalue weighted by molar-refractivity contribution is -0.141. The topological polar surface area (TPSA) is 67.7 Å². The summed E-state index contributed by atoms with van der Waals surface area (Å²) in [6.45, 7) is 7.59. The van der Waals surface area contributed by atoms with E-state index in [2.05, 4.69) is 21.0 Å². The number of morpholine rings is 1. The number of hydrogen-bond donors (Lipinski definition) is 0. The van der Waals surface area contributed by atoms with E-state index in [4.69, 9.17) is 4.74 Å². The molecule has 2 amide bonds. The predicted octanol–water partition coefficient (Wildman–Crippen LogP) is 2.96. The number of rotatable bonds is 3. The Labute approximate surface area is 185 Å². The van der Waals surface area contributed by atoms with Crippen molar-refractivity contribution in [3.63, 3.8) is 0 Å². The zero-order valence-electron chi connectivity index (χ0n) is 17.4. The summed E-state index contributed by atoms with van der Waals surface area (Å²) in [6, 6.07) is 7.87. The average Bonchev–Trinajstić information content (AvgIpc) is 3.08. The summed E-state index contributed by atoms with van der Waals surface area (Å²) in [5.74, 6) is 0.214. The molecule has 2 aliphatic rings. The van der Waals surface area contributed by atoms with Crippen molar-refractivity contribution in [1.29, 1.82) is 0 Å². The van der Waals surface area contributed by atoms with Crippen LogP contribution in [0.25, 0.3) is 5.69 Å². The molecule has 0 N–H and O–H groups in total. The first kappa shape index (κ1) is 21.1. The van der Waals surface area contributed by atoms with E-state index < -0.39 is 0 Å². The Morgan fingerprint density at radius 1 is 1.00 bits per heavy atom. The van der Waals surface area contributed by atoms with E-state index >= 15 is 0 Å². The lowest BCUT2D eigenvalue weighted by atomic mass is 9.94. The van der Waals surface area contributed by atoms with E-state index in [0.717, 1.165) is 21.5 Å². The van der Waals surface area contributed by atoms with Crippen LogP contribution < -0.4 is 0 Å². The predicted molar refractivity (Wildman–Crippen MR) is 117 cm³/mol. The van der Waals surface area contributed by atoms with Gasteiger partial charge in [-0.1, -0.05) is 15.9 Å². The molecule has 0 spiro atoms. The summed E-state index contributed by atoms with van der Waals surface area (Å²) < 4.78 is 8.16. The van der Waals surface area contributed by atoms with Crippen LogP contribution in [0.2, 0.25) is 0 Å². The van der Waals surface area contributed by atoms with Gasteiger partial charge in [-0.2, -0.15) is 5.10 Å². The minimum Gasteiger partial charge on any atom is -0.378 e. The molecule has 4 rings (SSSR count). The highest BCUT2D eigenvalue weighted by Crippen LogP contribution is 2.25. The number of halogens is 1. The molecule has 2 fully saturated rings. The molecule has 2 aliphatic heterocycles. The van der Waals surface area contributed by atoms with Gasteiger partial charge in [0.2, 0.25) is 5.91 Å². The lowest BCUT2D eigenvalue weighted by Gasteiger charge is -2.35. The molecule has 7 nitrogen and oxygen atoms in total. The van der Waals surface area contributed by atoms with Gasteiger partial charge in [0.25, 0.3) is 5.91 Å². The number of piperidine rings is 1. The number of ether oxygens (including phenoxy) is 1. The van der Waals surface area contributed by atoms with Crippen LogP contribution >= 0.6 is 15.9 Å². The third kappa shape index (κ3) is 4.16. The Morgan fingerprint density at radius 2 is 1.63 bits per heavy atom. The molecule has 0 atom stereocenters. The smallest absolute Gasteiger partial charge is 0.257 e. The lowest BCUT2D eigenvalue weighted by Crippen LogP contribution is -2.47. The second kappa shape index (κ2) is 8.89. The minimum atomic E-state index is -0.000155. The van der Waals surface area contributed by atoms with Gasteiger partial charge in [-0.05, 0) is 51.0 Å². The van der Waals surface area contributed by atoms with Crippen LogP contribution in [0, 0.1) is 19.8 Å². The summed E-state index contributed by atoms with van der Waals surface area (Å²) >= 11 is 3.45. The van der Waals surface area contributed by atoms with Crippen LogP contribution in [-0.2, 0) is 9.53 Å². The molecule has 0 unspecified atom stereocenters. The number of hydrogen-bond acceptors (Lipinski definition) is 4. The Bertz CT molecular complexity index is 927. The molecule has 0 radical (unpaired) electrons. The maximum absolute atomic E-state index is 13.3. The molecule has 0 aliphatic carbocycles. The summed E-state index contributed by atoms with van der Waals surface area (Å²) in [5, 5.41) is 4.61. The molecule has 8 heteroatoms. The molecule has 3 heterocycles. The molecule has 2 saturated heterocycles. The number of likely N-dealkylation sites (tertiary alicyclic amines) is 1. The van der Waals surface area contributed by atoms with Gasteiger partial charge < -0.3 is 14.5 Å². The van der Waals surface area contributed by atoms with Crippen LogP contribution in [-0.4, -0.2) is 70.8 Å². The van der Waals surface area contributed by atoms with Crippen LogP contribution in [0.1, 0.15) is 34.6 Å². The molecular formula is C22H27BrN4O3. The average molecular weight is 475 g/mol. The van der Waals surface area contributed by atoms with E-state index in [1.54, 1.807) is 0 Å². The largest absolute Gasteiger partial charge is 0.378 e. The summed E-state index contributed by atoms with van der Waals surface area (Å²) in [6.07, 6.45) is 1.42. The quantitative estimate of drug-likeness (QED) is 0.685. The zero-order chi connectivity index (χ0) is 21.3. The fraction of sp³-hybridized carbons (Fsp3) is 0.500. The van der Waals surface area contributed by atoms with Crippen LogP contribution in [0.5, 0.6) is 0 Å². The van der Waals surface area contributed by atoms with Gasteiger partial charge in [-0.25, -0.2) is 4.68 Å². The van der Waals surface area contributed by atoms with Gasteiger partial charge in [0.15, 0.2) is 0 Å². The summed E-state index contributed by atoms with van der Waals surface area (Å²) in [7, 11) is 0. The normalized spacial score (nSPS) is 18.0. The fourth-order valence-corrected chi connectivity index (χ4v) is 4.58. The summed E-state index contributed by atoms with van der Waals surface area (Å²) in [4.78, 5) is 29.8. The minimum absolute atomic E-state index is 0.000155. The van der Waals surface area contributed by atoms with Crippen molar-refractivity contribution in [2.45, 2.75) is 26.7 Å². The highest BCUT2D eigenvalue weighted by molar-refractivity contribution is 9.10. The molecule has 2 aromatic rings. The molecular weight excluding hydrogens is 448 g/mol. The van der Waals surface area contributed by atoms with Crippen molar-refractivity contribution < 1.29 is 14.3 Å². The number of nitrogens with zero attached hydrogens (tertiary/aromatic N) is 4. The molecule has 1 aromatic carbocycles. The number of aryl methyl sites for hydroxylation is 1. The van der Waals surface area contributed by atoms with Crippen LogP contribution in [0.3, 0.4) is 0 Å². The van der Waals surface area contributed by atoms with Gasteiger partial charge in [0.05, 0.1) is 35.9 Å². The number of amides is 2. The molecule has 0 saturated carbocycles. The first-order valence-corrected chi connectivity index (χ1v) is 11.2. The van der Waals surface area contributed by atoms with Crippen molar-refractivity contribution >= 4 is 27.7 Å². The van der Waals surface area contributed by atoms with Crippen LogP contribution in [0.4, 0.5) is 0 Å². The Balaban J connectivity index is 1.44. The van der Waals surface area contributed by atoms with E-state index in [1.807, 2.05) is 52.6 Å². The van der Waals surface area contributed by atoms with Crippen molar-refractivity contribution in [3.05, 3.63) is 45.7 Å². The number of carbonyl (C=O) groups excluding carboxylic acids is 2. The van der Waals surface area contributed by atoms with Crippen molar-refractivity contribution in [3.8, 4) is 5.69 Å². The monoisotopic (exact) mass is 474 g/mol. The van der Waals surface area contributed by atoms with E-state index in [-0.39, 0.29) is 17.7 Å². The first-order valence-electron chi connectivity index (χ1n) is 10.4. The van der Waals surface area contributed by atoms with Crippen molar-refractivity contribution in [2.75, 3.05) is 39.4 Å². The maximum Gasteiger partial charge on any atom is 0.257 e. The third-order valence-electron chi connectivity index (χ3n) is 6.03. The van der Waals surface area contributed by atoms with Gasteiger partial charge in [-0.3, -0.25) is 9.59 Å². The van der Waals surface area contributed by atoms with E-state index in [9.17, 15) is 9.59 Å². The van der Waals surface area contributed by atoms with E-state index in [1.165, 1.54) is 0 Å². The molecule has 0 bridgehead atoms. The number of carbonyl (C=O) groups is 2. The fourth-order valence-electron chi connectivity index (χ4n) is 4.32. The highest BCUT2D eigenvalue weighted by Gasteiger charge is 2.32. The van der Waals surface area contributed by atoms with E-state index in [0.29, 0.717) is 57.8 Å². The molecule has 1 aromatic heterocycles. The standard InChI is InChI=1S/C22H27BrN4O3/c1-15-20(16(2)27(24-15)19-5-3-18(23)4-6-19)22(29)25-9-7-17(8-10-25)21(28)26-11-13-30-14-12-26/h3-6,17H,7-14H2,1-2H3. The second-order valence-corrected chi connectivity index (χ2v) is 8.85. The number of aromatic nitrogens is 2. The highest BCUT2D eigenvalue weighted by atomic mass is 79.9.